The maximum Gasteiger partial charge on any atom is 0.416 e. The van der Waals surface area contributed by atoms with Crippen molar-refractivity contribution in [2.45, 2.75) is 11.0 Å². The van der Waals surface area contributed by atoms with Crippen molar-refractivity contribution in [3.05, 3.63) is 35.4 Å². The van der Waals surface area contributed by atoms with Crippen LogP contribution in [0.25, 0.3) is 0 Å². The van der Waals surface area contributed by atoms with E-state index in [0.717, 1.165) is 12.1 Å². The van der Waals surface area contributed by atoms with Crippen molar-refractivity contribution in [2.75, 3.05) is 0 Å². The molecule has 1 aromatic carbocycles. The van der Waals surface area contributed by atoms with Gasteiger partial charge in [-0.1, -0.05) is 28.1 Å². The fourth-order valence-corrected chi connectivity index (χ4v) is 1.24. The number of rotatable bonds is 2. The van der Waals surface area contributed by atoms with Crippen LogP contribution < -0.4 is 0 Å². The Kier molecular flexibility index (Phi) is 3.31. The van der Waals surface area contributed by atoms with Gasteiger partial charge in [-0.3, -0.25) is 0 Å². The lowest BCUT2D eigenvalue weighted by molar-refractivity contribution is -0.137. The maximum absolute atomic E-state index is 12.1. The summed E-state index contributed by atoms with van der Waals surface area (Å²) in [6.07, 6.45) is -3.72. The topological polar surface area (TPSA) is 17.1 Å². The summed E-state index contributed by atoms with van der Waals surface area (Å²) in [6, 6.07) is 4.45. The second-order valence-corrected chi connectivity index (χ2v) is 3.64. The molecule has 0 fully saturated rings. The zero-order valence-electron chi connectivity index (χ0n) is 6.88. The maximum atomic E-state index is 12.1. The third-order valence-electron chi connectivity index (χ3n) is 1.68. The molecule has 0 aliphatic carbocycles. The first-order valence-electron chi connectivity index (χ1n) is 3.71. The molecule has 0 aliphatic heterocycles. The number of carbonyl (C=O) groups is 1. The molecule has 0 aromatic heterocycles. The first-order valence-corrected chi connectivity index (χ1v) is 4.63. The van der Waals surface area contributed by atoms with Gasteiger partial charge in [-0.05, 0) is 17.7 Å². The molecule has 76 valence electrons. The van der Waals surface area contributed by atoms with Gasteiger partial charge in [0.2, 0.25) is 0 Å². The standard InChI is InChI=1S/C9H6BrF3O/c10-8(5-14)6-1-3-7(4-2-6)9(11,12)13/h1-5,8H. The number of hydrogen-bond acceptors (Lipinski definition) is 1. The molecule has 0 saturated carbocycles. The van der Waals surface area contributed by atoms with Gasteiger partial charge in [0.15, 0.2) is 0 Å². The Bertz CT molecular complexity index is 318. The molecule has 5 heteroatoms. The van der Waals surface area contributed by atoms with Crippen molar-refractivity contribution >= 4 is 22.2 Å². The van der Waals surface area contributed by atoms with Crippen molar-refractivity contribution < 1.29 is 18.0 Å². The molecule has 0 heterocycles. The van der Waals surface area contributed by atoms with Gasteiger partial charge in [0.05, 0.1) is 10.4 Å². The van der Waals surface area contributed by atoms with Crippen molar-refractivity contribution in [3.63, 3.8) is 0 Å². The molecule has 0 N–H and O–H groups in total. The molecule has 0 spiro atoms. The van der Waals surface area contributed by atoms with Gasteiger partial charge in [-0.2, -0.15) is 13.2 Å². The first kappa shape index (κ1) is 11.2. The molecule has 0 radical (unpaired) electrons. The number of carbonyl (C=O) groups excluding carboxylic acids is 1. The highest BCUT2D eigenvalue weighted by molar-refractivity contribution is 9.09. The molecule has 1 unspecified atom stereocenters. The van der Waals surface area contributed by atoms with Gasteiger partial charge in [0.25, 0.3) is 0 Å². The van der Waals surface area contributed by atoms with E-state index in [4.69, 9.17) is 0 Å². The monoisotopic (exact) mass is 266 g/mol. The molecule has 0 aliphatic rings. The van der Waals surface area contributed by atoms with E-state index in [2.05, 4.69) is 15.9 Å². The quantitative estimate of drug-likeness (QED) is 0.593. The summed E-state index contributed by atoms with van der Waals surface area (Å²) < 4.78 is 36.4. The molecule has 1 aromatic rings. The Balaban J connectivity index is 2.95. The van der Waals surface area contributed by atoms with E-state index >= 15 is 0 Å². The Morgan fingerprint density at radius 1 is 1.21 bits per heavy atom. The van der Waals surface area contributed by atoms with Crippen molar-refractivity contribution in [1.82, 2.24) is 0 Å². The number of hydrogen-bond donors (Lipinski definition) is 0. The summed E-state index contributed by atoms with van der Waals surface area (Å²) in [6.45, 7) is 0. The smallest absolute Gasteiger partial charge is 0.302 e. The Labute approximate surface area is 87.1 Å². The van der Waals surface area contributed by atoms with Crippen molar-refractivity contribution in [1.29, 1.82) is 0 Å². The third-order valence-corrected chi connectivity index (χ3v) is 2.42. The van der Waals surface area contributed by atoms with E-state index < -0.39 is 16.6 Å². The molecule has 0 bridgehead atoms. The van der Waals surface area contributed by atoms with Crippen LogP contribution in [-0.2, 0) is 11.0 Å². The van der Waals surface area contributed by atoms with E-state index in [1.165, 1.54) is 12.1 Å². The molecule has 0 amide bonds. The zero-order chi connectivity index (χ0) is 10.8. The molecule has 1 nitrogen and oxygen atoms in total. The Morgan fingerprint density at radius 3 is 2.07 bits per heavy atom. The zero-order valence-corrected chi connectivity index (χ0v) is 8.47. The van der Waals surface area contributed by atoms with Crippen LogP contribution in [0.3, 0.4) is 0 Å². The number of alkyl halides is 4. The molecule has 1 atom stereocenters. The lowest BCUT2D eigenvalue weighted by atomic mass is 10.1. The summed E-state index contributed by atoms with van der Waals surface area (Å²) in [7, 11) is 0. The van der Waals surface area contributed by atoms with Gasteiger partial charge < -0.3 is 4.79 Å². The summed E-state index contributed by atoms with van der Waals surface area (Å²) in [5.41, 5.74) is -0.208. The average Bonchev–Trinajstić information content (AvgIpc) is 2.15. The third kappa shape index (κ3) is 2.57. The Hall–Kier alpha value is -0.840. The summed E-state index contributed by atoms with van der Waals surface area (Å²) in [5.74, 6) is 0. The number of benzene rings is 1. The summed E-state index contributed by atoms with van der Waals surface area (Å²) in [5, 5.41) is 0. The summed E-state index contributed by atoms with van der Waals surface area (Å²) >= 11 is 3.01. The van der Waals surface area contributed by atoms with E-state index in [1.807, 2.05) is 0 Å². The lowest BCUT2D eigenvalue weighted by Gasteiger charge is -2.07. The highest BCUT2D eigenvalue weighted by atomic mass is 79.9. The summed E-state index contributed by atoms with van der Waals surface area (Å²) in [4.78, 5) is 9.77. The van der Waals surface area contributed by atoms with Gasteiger partial charge in [-0.25, -0.2) is 0 Å². The van der Waals surface area contributed by atoms with Gasteiger partial charge in [0.1, 0.15) is 6.29 Å². The first-order chi connectivity index (χ1) is 6.45. The fourth-order valence-electron chi connectivity index (χ4n) is 0.935. The van der Waals surface area contributed by atoms with E-state index in [-0.39, 0.29) is 0 Å². The van der Waals surface area contributed by atoms with Crippen LogP contribution in [0.1, 0.15) is 16.0 Å². The molecular formula is C9H6BrF3O. The van der Waals surface area contributed by atoms with Crippen LogP contribution in [0.5, 0.6) is 0 Å². The minimum atomic E-state index is -4.33. The largest absolute Gasteiger partial charge is 0.416 e. The van der Waals surface area contributed by atoms with Crippen LogP contribution in [0, 0.1) is 0 Å². The highest BCUT2D eigenvalue weighted by Gasteiger charge is 2.30. The van der Waals surface area contributed by atoms with Crippen molar-refractivity contribution in [2.24, 2.45) is 0 Å². The number of halogens is 4. The lowest BCUT2D eigenvalue weighted by Crippen LogP contribution is -2.04. The molecule has 0 saturated heterocycles. The molecular weight excluding hydrogens is 261 g/mol. The second kappa shape index (κ2) is 4.13. The van der Waals surface area contributed by atoms with E-state index in [0.29, 0.717) is 11.8 Å². The van der Waals surface area contributed by atoms with Crippen LogP contribution in [0.4, 0.5) is 13.2 Å². The van der Waals surface area contributed by atoms with Gasteiger partial charge >= 0.3 is 6.18 Å². The fraction of sp³-hybridized carbons (Fsp3) is 0.222. The van der Waals surface area contributed by atoms with Crippen molar-refractivity contribution in [3.8, 4) is 0 Å². The average molecular weight is 267 g/mol. The predicted octanol–water partition coefficient (Wildman–Crippen LogP) is 3.34. The number of aldehydes is 1. The molecule has 1 rings (SSSR count). The predicted molar refractivity (Wildman–Crippen MR) is 49.2 cm³/mol. The minimum Gasteiger partial charge on any atom is -0.302 e. The van der Waals surface area contributed by atoms with Crippen LogP contribution >= 0.6 is 15.9 Å². The highest BCUT2D eigenvalue weighted by Crippen LogP contribution is 2.30. The van der Waals surface area contributed by atoms with Gasteiger partial charge in [0, 0.05) is 0 Å². The minimum absolute atomic E-state index is 0.507. The van der Waals surface area contributed by atoms with Crippen LogP contribution in [0.15, 0.2) is 24.3 Å². The Morgan fingerprint density at radius 2 is 1.71 bits per heavy atom. The normalized spacial score (nSPS) is 13.7. The van der Waals surface area contributed by atoms with Crippen LogP contribution in [0.2, 0.25) is 0 Å². The van der Waals surface area contributed by atoms with E-state index in [1.54, 1.807) is 0 Å². The molecule has 14 heavy (non-hydrogen) atoms. The van der Waals surface area contributed by atoms with Gasteiger partial charge in [-0.15, -0.1) is 0 Å². The van der Waals surface area contributed by atoms with E-state index in [9.17, 15) is 18.0 Å². The second-order valence-electron chi connectivity index (χ2n) is 2.66. The van der Waals surface area contributed by atoms with Crippen LogP contribution in [-0.4, -0.2) is 6.29 Å². The SMILES string of the molecule is O=CC(Br)c1ccc(C(F)(F)F)cc1.